The molecule has 1 aliphatic heterocycles. The Hall–Kier alpha value is -1.10. The van der Waals surface area contributed by atoms with Gasteiger partial charge in [0.2, 0.25) is 11.8 Å². The maximum absolute atomic E-state index is 11.9. The summed E-state index contributed by atoms with van der Waals surface area (Å²) < 4.78 is 0. The van der Waals surface area contributed by atoms with Crippen LogP contribution in [-0.4, -0.2) is 48.1 Å². The normalized spacial score (nSPS) is 18.5. The van der Waals surface area contributed by atoms with Crippen LogP contribution in [0.1, 0.15) is 33.6 Å². The van der Waals surface area contributed by atoms with Gasteiger partial charge in [-0.05, 0) is 18.8 Å². The van der Waals surface area contributed by atoms with Crippen molar-refractivity contribution in [2.24, 2.45) is 17.8 Å². The molecule has 1 rings (SSSR count). The standard InChI is InChI=1S/C14H26N2O3/c1-10(2)14(19)16-6-4-12(5-7-16)13(18)15-8-11(3)9-17/h10-12,17H,4-9H2,1-3H3,(H,15,18). The van der Waals surface area contributed by atoms with Crippen LogP contribution >= 0.6 is 0 Å². The predicted octanol–water partition coefficient (Wildman–Crippen LogP) is 0.626. The Bertz CT molecular complexity index is 310. The molecular formula is C14H26N2O3. The molecule has 5 nitrogen and oxygen atoms in total. The fourth-order valence-electron chi connectivity index (χ4n) is 2.21. The van der Waals surface area contributed by atoms with Gasteiger partial charge < -0.3 is 15.3 Å². The fraction of sp³-hybridized carbons (Fsp3) is 0.857. The third-order valence-electron chi connectivity index (χ3n) is 3.61. The van der Waals surface area contributed by atoms with Gasteiger partial charge in [0.05, 0.1) is 0 Å². The van der Waals surface area contributed by atoms with E-state index in [2.05, 4.69) is 5.32 Å². The van der Waals surface area contributed by atoms with Crippen LogP contribution in [0.2, 0.25) is 0 Å². The SMILES string of the molecule is CC(CO)CNC(=O)C1CCN(C(=O)C(C)C)CC1. The van der Waals surface area contributed by atoms with E-state index >= 15 is 0 Å². The summed E-state index contributed by atoms with van der Waals surface area (Å²) in [6.45, 7) is 7.64. The molecule has 19 heavy (non-hydrogen) atoms. The van der Waals surface area contributed by atoms with E-state index < -0.39 is 0 Å². The lowest BCUT2D eigenvalue weighted by Gasteiger charge is -2.32. The van der Waals surface area contributed by atoms with Crippen molar-refractivity contribution in [1.82, 2.24) is 10.2 Å². The van der Waals surface area contributed by atoms with E-state index in [0.717, 1.165) is 12.8 Å². The number of piperidine rings is 1. The zero-order chi connectivity index (χ0) is 14.4. The molecule has 0 aliphatic carbocycles. The number of likely N-dealkylation sites (tertiary alicyclic amines) is 1. The van der Waals surface area contributed by atoms with E-state index in [1.807, 2.05) is 25.7 Å². The summed E-state index contributed by atoms with van der Waals surface area (Å²) in [5.74, 6) is 0.342. The highest BCUT2D eigenvalue weighted by atomic mass is 16.3. The Morgan fingerprint density at radius 3 is 2.32 bits per heavy atom. The number of nitrogens with one attached hydrogen (secondary N) is 1. The molecular weight excluding hydrogens is 244 g/mol. The van der Waals surface area contributed by atoms with E-state index in [-0.39, 0.29) is 36.2 Å². The first-order valence-corrected chi connectivity index (χ1v) is 7.13. The minimum absolute atomic E-state index is 0.00195. The van der Waals surface area contributed by atoms with Gasteiger partial charge in [-0.3, -0.25) is 9.59 Å². The van der Waals surface area contributed by atoms with Crippen LogP contribution in [0.3, 0.4) is 0 Å². The summed E-state index contributed by atoms with van der Waals surface area (Å²) in [5.41, 5.74) is 0. The maximum Gasteiger partial charge on any atom is 0.225 e. The Morgan fingerprint density at radius 2 is 1.84 bits per heavy atom. The van der Waals surface area contributed by atoms with Gasteiger partial charge in [0.15, 0.2) is 0 Å². The first-order valence-electron chi connectivity index (χ1n) is 7.13. The molecule has 1 aliphatic rings. The highest BCUT2D eigenvalue weighted by molar-refractivity contribution is 5.80. The highest BCUT2D eigenvalue weighted by Crippen LogP contribution is 2.19. The first kappa shape index (κ1) is 16.0. The minimum atomic E-state index is 0.00195. The number of rotatable bonds is 5. The first-order chi connectivity index (χ1) is 8.95. The van der Waals surface area contributed by atoms with Crippen LogP contribution in [0.25, 0.3) is 0 Å². The quantitative estimate of drug-likeness (QED) is 0.769. The van der Waals surface area contributed by atoms with E-state index in [9.17, 15) is 9.59 Å². The summed E-state index contributed by atoms with van der Waals surface area (Å²) in [4.78, 5) is 25.6. The zero-order valence-electron chi connectivity index (χ0n) is 12.2. The van der Waals surface area contributed by atoms with E-state index in [1.54, 1.807) is 0 Å². The second-order valence-electron chi connectivity index (χ2n) is 5.79. The molecule has 0 aromatic rings. The number of hydrogen-bond acceptors (Lipinski definition) is 3. The Morgan fingerprint density at radius 1 is 1.26 bits per heavy atom. The molecule has 2 amide bonds. The average molecular weight is 270 g/mol. The molecule has 0 saturated carbocycles. The van der Waals surface area contributed by atoms with Crippen molar-refractivity contribution in [2.45, 2.75) is 33.6 Å². The van der Waals surface area contributed by atoms with Gasteiger partial charge in [-0.25, -0.2) is 0 Å². The largest absolute Gasteiger partial charge is 0.396 e. The number of aliphatic hydroxyl groups is 1. The van der Waals surface area contributed by atoms with Gasteiger partial charge in [0.1, 0.15) is 0 Å². The molecule has 0 aromatic heterocycles. The van der Waals surface area contributed by atoms with Crippen LogP contribution in [0.15, 0.2) is 0 Å². The molecule has 1 heterocycles. The lowest BCUT2D eigenvalue weighted by atomic mass is 9.95. The fourth-order valence-corrected chi connectivity index (χ4v) is 2.21. The molecule has 0 radical (unpaired) electrons. The van der Waals surface area contributed by atoms with Crippen LogP contribution in [0, 0.1) is 17.8 Å². The van der Waals surface area contributed by atoms with Crippen molar-refractivity contribution >= 4 is 11.8 Å². The average Bonchev–Trinajstić information content (AvgIpc) is 2.43. The second-order valence-corrected chi connectivity index (χ2v) is 5.79. The van der Waals surface area contributed by atoms with E-state index in [4.69, 9.17) is 5.11 Å². The van der Waals surface area contributed by atoms with Crippen molar-refractivity contribution < 1.29 is 14.7 Å². The third kappa shape index (κ3) is 4.82. The van der Waals surface area contributed by atoms with Crippen LogP contribution in [0.5, 0.6) is 0 Å². The lowest BCUT2D eigenvalue weighted by molar-refractivity contribution is -0.138. The number of carbonyl (C=O) groups is 2. The van der Waals surface area contributed by atoms with E-state index in [0.29, 0.717) is 19.6 Å². The summed E-state index contributed by atoms with van der Waals surface area (Å²) in [6, 6.07) is 0. The Kier molecular flexibility index (Phi) is 6.28. The molecule has 110 valence electrons. The number of carbonyl (C=O) groups excluding carboxylic acids is 2. The van der Waals surface area contributed by atoms with Crippen LogP contribution < -0.4 is 5.32 Å². The lowest BCUT2D eigenvalue weighted by Crippen LogP contribution is -2.45. The summed E-state index contributed by atoms with van der Waals surface area (Å²) in [5, 5.41) is 11.8. The van der Waals surface area contributed by atoms with Crippen molar-refractivity contribution in [3.63, 3.8) is 0 Å². The molecule has 0 bridgehead atoms. The highest BCUT2D eigenvalue weighted by Gasteiger charge is 2.28. The van der Waals surface area contributed by atoms with Crippen molar-refractivity contribution in [3.8, 4) is 0 Å². The zero-order valence-corrected chi connectivity index (χ0v) is 12.2. The van der Waals surface area contributed by atoms with E-state index in [1.165, 1.54) is 0 Å². The van der Waals surface area contributed by atoms with Crippen molar-refractivity contribution in [3.05, 3.63) is 0 Å². The number of amides is 2. The molecule has 0 aromatic carbocycles. The number of aliphatic hydroxyl groups excluding tert-OH is 1. The van der Waals surface area contributed by atoms with Gasteiger partial charge >= 0.3 is 0 Å². The molecule has 1 fully saturated rings. The molecule has 1 saturated heterocycles. The summed E-state index contributed by atoms with van der Waals surface area (Å²) in [7, 11) is 0. The summed E-state index contributed by atoms with van der Waals surface area (Å²) >= 11 is 0. The van der Waals surface area contributed by atoms with Gasteiger partial charge in [0.25, 0.3) is 0 Å². The van der Waals surface area contributed by atoms with Gasteiger partial charge in [-0.15, -0.1) is 0 Å². The van der Waals surface area contributed by atoms with Gasteiger partial charge in [-0.1, -0.05) is 20.8 Å². The van der Waals surface area contributed by atoms with Crippen molar-refractivity contribution in [1.29, 1.82) is 0 Å². The Labute approximate surface area is 115 Å². The third-order valence-corrected chi connectivity index (χ3v) is 3.61. The van der Waals surface area contributed by atoms with Crippen molar-refractivity contribution in [2.75, 3.05) is 26.2 Å². The maximum atomic E-state index is 11.9. The molecule has 1 unspecified atom stereocenters. The smallest absolute Gasteiger partial charge is 0.225 e. The van der Waals surface area contributed by atoms with Crippen LogP contribution in [0.4, 0.5) is 0 Å². The van der Waals surface area contributed by atoms with Crippen LogP contribution in [-0.2, 0) is 9.59 Å². The van der Waals surface area contributed by atoms with Gasteiger partial charge in [0, 0.05) is 38.1 Å². The predicted molar refractivity (Wildman–Crippen MR) is 73.4 cm³/mol. The number of hydrogen-bond donors (Lipinski definition) is 2. The summed E-state index contributed by atoms with van der Waals surface area (Å²) in [6.07, 6.45) is 1.47. The Balaban J connectivity index is 2.33. The topological polar surface area (TPSA) is 69.6 Å². The molecule has 5 heteroatoms. The minimum Gasteiger partial charge on any atom is -0.396 e. The number of nitrogens with zero attached hydrogens (tertiary/aromatic N) is 1. The molecule has 1 atom stereocenters. The second kappa shape index (κ2) is 7.48. The monoisotopic (exact) mass is 270 g/mol. The molecule has 0 spiro atoms. The molecule has 2 N–H and O–H groups in total. The van der Waals surface area contributed by atoms with Gasteiger partial charge in [-0.2, -0.15) is 0 Å².